The zero-order valence-electron chi connectivity index (χ0n) is 13.9. The van der Waals surface area contributed by atoms with Gasteiger partial charge in [0.2, 0.25) is 5.13 Å². The fourth-order valence-electron chi connectivity index (χ4n) is 2.39. The summed E-state index contributed by atoms with van der Waals surface area (Å²) in [6.45, 7) is 1.92. The number of aryl methyl sites for hydroxylation is 2. The van der Waals surface area contributed by atoms with Crippen LogP contribution in [0.15, 0.2) is 58.9 Å². The molecule has 0 aliphatic heterocycles. The Morgan fingerprint density at radius 1 is 1.08 bits per heavy atom. The molecule has 0 aliphatic rings. The highest BCUT2D eigenvalue weighted by atomic mass is 32.2. The number of thioether (sulfide) groups is 1. The van der Waals surface area contributed by atoms with Crippen LogP contribution >= 0.6 is 23.1 Å². The maximum Gasteiger partial charge on any atom is 0.257 e. The lowest BCUT2D eigenvalue weighted by Gasteiger charge is -2.03. The summed E-state index contributed by atoms with van der Waals surface area (Å²) in [6.07, 6.45) is 2.14. The molecule has 6 heteroatoms. The Hall–Kier alpha value is -2.18. The predicted octanol–water partition coefficient (Wildman–Crippen LogP) is 4.82. The lowest BCUT2D eigenvalue weighted by atomic mass is 10.1. The molecule has 1 aromatic heterocycles. The third-order valence-corrected chi connectivity index (χ3v) is 5.75. The molecule has 0 spiro atoms. The number of aromatic nitrogens is 2. The molecule has 1 N–H and O–H groups in total. The molecule has 25 heavy (non-hydrogen) atoms. The number of benzene rings is 2. The van der Waals surface area contributed by atoms with E-state index in [4.69, 9.17) is 0 Å². The number of hydrogen-bond donors (Lipinski definition) is 1. The highest BCUT2D eigenvalue weighted by Crippen LogP contribution is 2.26. The van der Waals surface area contributed by atoms with Crippen LogP contribution < -0.4 is 5.32 Å². The molecule has 0 saturated heterocycles. The number of carbonyl (C=O) groups excluding carboxylic acids is 1. The van der Waals surface area contributed by atoms with E-state index in [2.05, 4.69) is 39.8 Å². The van der Waals surface area contributed by atoms with Crippen LogP contribution in [-0.4, -0.2) is 21.9 Å². The van der Waals surface area contributed by atoms with Crippen LogP contribution in [0.4, 0.5) is 5.13 Å². The van der Waals surface area contributed by atoms with Gasteiger partial charge in [-0.3, -0.25) is 10.1 Å². The average molecular weight is 370 g/mol. The van der Waals surface area contributed by atoms with E-state index in [1.807, 2.05) is 37.3 Å². The maximum absolute atomic E-state index is 12.3. The van der Waals surface area contributed by atoms with Gasteiger partial charge in [0.25, 0.3) is 5.91 Å². The van der Waals surface area contributed by atoms with Gasteiger partial charge in [0.15, 0.2) is 4.34 Å². The molecule has 0 saturated carbocycles. The second-order valence-corrected chi connectivity index (χ2v) is 7.90. The van der Waals surface area contributed by atoms with Crippen molar-refractivity contribution in [3.63, 3.8) is 0 Å². The van der Waals surface area contributed by atoms with E-state index in [-0.39, 0.29) is 5.91 Å². The Morgan fingerprint density at radius 3 is 2.64 bits per heavy atom. The van der Waals surface area contributed by atoms with Gasteiger partial charge in [0, 0.05) is 11.3 Å². The monoisotopic (exact) mass is 369 g/mol. The van der Waals surface area contributed by atoms with Crippen molar-refractivity contribution in [3.8, 4) is 0 Å². The van der Waals surface area contributed by atoms with Gasteiger partial charge >= 0.3 is 0 Å². The fourth-order valence-corrected chi connectivity index (χ4v) is 4.15. The molecule has 0 unspecified atom stereocenters. The predicted molar refractivity (Wildman–Crippen MR) is 105 cm³/mol. The number of anilines is 1. The number of nitrogens with zero attached hydrogens (tertiary/aromatic N) is 2. The molecule has 128 valence electrons. The van der Waals surface area contributed by atoms with E-state index in [0.717, 1.165) is 28.5 Å². The molecule has 1 amide bonds. The number of hydrogen-bond acceptors (Lipinski definition) is 5. The standard InChI is InChI=1S/C19H19N3OS2/c1-14-8-5-6-12-16(14)17(23)20-18-21-22-19(25-18)24-13-7-11-15-9-3-2-4-10-15/h2-6,8-10,12H,7,11,13H2,1H3,(H,20,21,23). The molecule has 0 aliphatic carbocycles. The van der Waals surface area contributed by atoms with Crippen molar-refractivity contribution in [1.29, 1.82) is 0 Å². The lowest BCUT2D eigenvalue weighted by Crippen LogP contribution is -2.12. The van der Waals surface area contributed by atoms with Gasteiger partial charge in [-0.25, -0.2) is 0 Å². The molecule has 3 rings (SSSR count). The smallest absolute Gasteiger partial charge is 0.257 e. The van der Waals surface area contributed by atoms with E-state index in [1.165, 1.54) is 16.9 Å². The fraction of sp³-hybridized carbons (Fsp3) is 0.211. The van der Waals surface area contributed by atoms with E-state index in [1.54, 1.807) is 11.8 Å². The Morgan fingerprint density at radius 2 is 1.84 bits per heavy atom. The minimum absolute atomic E-state index is 0.144. The molecule has 3 aromatic rings. The van der Waals surface area contributed by atoms with Crippen molar-refractivity contribution < 1.29 is 4.79 Å². The van der Waals surface area contributed by atoms with E-state index in [9.17, 15) is 4.79 Å². The Balaban J connectivity index is 1.47. The summed E-state index contributed by atoms with van der Waals surface area (Å²) in [5.74, 6) is 0.838. The summed E-state index contributed by atoms with van der Waals surface area (Å²) in [4.78, 5) is 12.3. The first kappa shape index (κ1) is 17.6. The zero-order chi connectivity index (χ0) is 17.5. The number of rotatable bonds is 7. The van der Waals surface area contributed by atoms with Gasteiger partial charge in [-0.1, -0.05) is 71.6 Å². The Kier molecular flexibility index (Phi) is 6.19. The minimum atomic E-state index is -0.144. The van der Waals surface area contributed by atoms with Crippen LogP contribution in [0.25, 0.3) is 0 Å². The Bertz CT molecular complexity index is 833. The van der Waals surface area contributed by atoms with Crippen molar-refractivity contribution in [2.45, 2.75) is 24.1 Å². The molecule has 0 radical (unpaired) electrons. The van der Waals surface area contributed by atoms with Crippen molar-refractivity contribution in [1.82, 2.24) is 10.2 Å². The van der Waals surface area contributed by atoms with Crippen LogP contribution in [0.5, 0.6) is 0 Å². The van der Waals surface area contributed by atoms with Crippen LogP contribution in [0.1, 0.15) is 27.9 Å². The quantitative estimate of drug-likeness (QED) is 0.368. The maximum atomic E-state index is 12.3. The molecule has 4 nitrogen and oxygen atoms in total. The molecule has 2 aromatic carbocycles. The van der Waals surface area contributed by atoms with Gasteiger partial charge < -0.3 is 0 Å². The summed E-state index contributed by atoms with van der Waals surface area (Å²) < 4.78 is 0.883. The van der Waals surface area contributed by atoms with Crippen molar-refractivity contribution >= 4 is 34.1 Å². The first-order valence-corrected chi connectivity index (χ1v) is 9.90. The number of amides is 1. The molecular weight excluding hydrogens is 350 g/mol. The summed E-state index contributed by atoms with van der Waals surface area (Å²) in [7, 11) is 0. The van der Waals surface area contributed by atoms with E-state index < -0.39 is 0 Å². The SMILES string of the molecule is Cc1ccccc1C(=O)Nc1nnc(SCCCc2ccccc2)s1. The first-order valence-electron chi connectivity index (χ1n) is 8.09. The van der Waals surface area contributed by atoms with Gasteiger partial charge in [-0.15, -0.1) is 10.2 Å². The first-order chi connectivity index (χ1) is 12.2. The van der Waals surface area contributed by atoms with Crippen molar-refractivity contribution in [2.75, 3.05) is 11.1 Å². The van der Waals surface area contributed by atoms with Crippen LogP contribution in [-0.2, 0) is 6.42 Å². The third-order valence-electron chi connectivity index (χ3n) is 3.69. The van der Waals surface area contributed by atoms with E-state index in [0.29, 0.717) is 10.7 Å². The number of nitrogens with one attached hydrogen (secondary N) is 1. The molecular formula is C19H19N3OS2. The molecule has 0 fully saturated rings. The summed E-state index contributed by atoms with van der Waals surface area (Å²) in [5, 5.41) is 11.6. The highest BCUT2D eigenvalue weighted by Gasteiger charge is 2.12. The van der Waals surface area contributed by atoms with Gasteiger partial charge in [-0.2, -0.15) is 0 Å². The second-order valence-electron chi connectivity index (χ2n) is 5.58. The summed E-state index contributed by atoms with van der Waals surface area (Å²) >= 11 is 3.10. The summed E-state index contributed by atoms with van der Waals surface area (Å²) in [5.41, 5.74) is 2.96. The second kappa shape index (κ2) is 8.78. The van der Waals surface area contributed by atoms with Crippen LogP contribution in [0.2, 0.25) is 0 Å². The third kappa shape index (κ3) is 5.14. The van der Waals surface area contributed by atoms with E-state index >= 15 is 0 Å². The summed E-state index contributed by atoms with van der Waals surface area (Å²) in [6, 6.07) is 18.0. The van der Waals surface area contributed by atoms with Crippen LogP contribution in [0, 0.1) is 6.92 Å². The molecule has 1 heterocycles. The largest absolute Gasteiger partial charge is 0.296 e. The van der Waals surface area contributed by atoms with Crippen molar-refractivity contribution in [3.05, 3.63) is 71.3 Å². The molecule has 0 atom stereocenters. The van der Waals surface area contributed by atoms with Gasteiger partial charge in [0.1, 0.15) is 0 Å². The zero-order valence-corrected chi connectivity index (χ0v) is 15.6. The number of carbonyl (C=O) groups is 1. The average Bonchev–Trinajstić information content (AvgIpc) is 3.07. The van der Waals surface area contributed by atoms with Crippen molar-refractivity contribution in [2.24, 2.45) is 0 Å². The van der Waals surface area contributed by atoms with Gasteiger partial charge in [0.05, 0.1) is 0 Å². The van der Waals surface area contributed by atoms with Gasteiger partial charge in [-0.05, 0) is 37.0 Å². The normalized spacial score (nSPS) is 10.6. The topological polar surface area (TPSA) is 54.9 Å². The Labute approximate surface area is 155 Å². The van der Waals surface area contributed by atoms with Crippen LogP contribution in [0.3, 0.4) is 0 Å². The highest BCUT2D eigenvalue weighted by molar-refractivity contribution is 8.01. The minimum Gasteiger partial charge on any atom is -0.296 e. The molecule has 0 bridgehead atoms. The lowest BCUT2D eigenvalue weighted by molar-refractivity contribution is 0.102.